The number of fused-ring (bicyclic) bond motifs is 2. The van der Waals surface area contributed by atoms with Crippen molar-refractivity contribution in [3.63, 3.8) is 0 Å². The van der Waals surface area contributed by atoms with Gasteiger partial charge >= 0.3 is 0 Å². The lowest BCUT2D eigenvalue weighted by Gasteiger charge is -2.44. The average Bonchev–Trinajstić information content (AvgIpc) is 2.14. The maximum atomic E-state index is 11.7. The maximum Gasteiger partial charge on any atom is 0.140 e. The van der Waals surface area contributed by atoms with Crippen LogP contribution >= 0.6 is 0 Å². The molecular formula is C12H18O2. The molecule has 78 valence electrons. The molecule has 3 rings (SSSR count). The Morgan fingerprint density at radius 2 is 2.29 bits per heavy atom. The van der Waals surface area contributed by atoms with Crippen molar-refractivity contribution >= 4 is 5.78 Å². The smallest absolute Gasteiger partial charge is 0.140 e. The first kappa shape index (κ1) is 9.91. The summed E-state index contributed by atoms with van der Waals surface area (Å²) in [6.45, 7) is 5.13. The van der Waals surface area contributed by atoms with E-state index >= 15 is 0 Å². The molecule has 14 heavy (non-hydrogen) atoms. The molecule has 0 heterocycles. The molecule has 4 atom stereocenters. The number of hydrogen-bond acceptors (Lipinski definition) is 2. The van der Waals surface area contributed by atoms with Crippen molar-refractivity contribution in [3.8, 4) is 0 Å². The zero-order valence-corrected chi connectivity index (χ0v) is 9.12. The number of ketones is 1. The van der Waals surface area contributed by atoms with Crippen molar-refractivity contribution < 1.29 is 9.53 Å². The van der Waals surface area contributed by atoms with Crippen molar-refractivity contribution in [1.82, 2.24) is 0 Å². The van der Waals surface area contributed by atoms with Crippen LogP contribution in [0.2, 0.25) is 0 Å². The van der Waals surface area contributed by atoms with E-state index in [1.54, 1.807) is 7.11 Å². The van der Waals surface area contributed by atoms with Crippen LogP contribution in [0.4, 0.5) is 0 Å². The minimum atomic E-state index is 0.167. The SMILES string of the molecule is COC[C@@H]1[C@@H](C)[C@H]2C=C(C)[C@@H]1CC2=O. The normalized spacial score (nSPS) is 41.4. The molecule has 2 bridgehead atoms. The zero-order chi connectivity index (χ0) is 10.3. The van der Waals surface area contributed by atoms with Crippen LogP contribution < -0.4 is 0 Å². The molecule has 0 unspecified atom stereocenters. The van der Waals surface area contributed by atoms with Crippen LogP contribution in [0, 0.1) is 23.7 Å². The van der Waals surface area contributed by atoms with E-state index in [-0.39, 0.29) is 5.92 Å². The minimum Gasteiger partial charge on any atom is -0.384 e. The predicted molar refractivity (Wildman–Crippen MR) is 54.9 cm³/mol. The highest BCUT2D eigenvalue weighted by Crippen LogP contribution is 2.46. The van der Waals surface area contributed by atoms with Gasteiger partial charge < -0.3 is 4.74 Å². The van der Waals surface area contributed by atoms with Gasteiger partial charge in [-0.05, 0) is 24.7 Å². The van der Waals surface area contributed by atoms with Crippen LogP contribution in [0.25, 0.3) is 0 Å². The molecule has 0 N–H and O–H groups in total. The standard InChI is InChI=1S/C12H18O2/c1-7-4-10-8(2)11(6-14-3)9(7)5-12(10)13/h4,8-11H,5-6H2,1-3H3/t8-,9-,10+,11+/m0/s1. The second-order valence-electron chi connectivity index (χ2n) is 4.69. The zero-order valence-electron chi connectivity index (χ0n) is 9.12. The molecule has 0 aliphatic heterocycles. The summed E-state index contributed by atoms with van der Waals surface area (Å²) in [5, 5.41) is 0. The number of carbonyl (C=O) groups is 1. The van der Waals surface area contributed by atoms with Gasteiger partial charge in [-0.2, -0.15) is 0 Å². The Morgan fingerprint density at radius 1 is 1.57 bits per heavy atom. The van der Waals surface area contributed by atoms with Crippen molar-refractivity contribution in [1.29, 1.82) is 0 Å². The van der Waals surface area contributed by atoms with E-state index in [9.17, 15) is 4.79 Å². The van der Waals surface area contributed by atoms with Crippen LogP contribution in [0.3, 0.4) is 0 Å². The first-order valence-corrected chi connectivity index (χ1v) is 5.35. The monoisotopic (exact) mass is 194 g/mol. The van der Waals surface area contributed by atoms with Gasteiger partial charge in [0.1, 0.15) is 5.78 Å². The van der Waals surface area contributed by atoms with Gasteiger partial charge in [-0.15, -0.1) is 0 Å². The Labute approximate surface area is 85.3 Å². The third kappa shape index (κ3) is 1.33. The third-order valence-corrected chi connectivity index (χ3v) is 3.94. The molecule has 0 aromatic carbocycles. The lowest BCUT2D eigenvalue weighted by atomic mass is 9.60. The number of allylic oxidation sites excluding steroid dienone is 2. The molecule has 1 saturated carbocycles. The van der Waals surface area contributed by atoms with E-state index in [0.717, 1.165) is 13.0 Å². The molecule has 3 aliphatic carbocycles. The second-order valence-corrected chi connectivity index (χ2v) is 4.69. The average molecular weight is 194 g/mol. The van der Waals surface area contributed by atoms with E-state index < -0.39 is 0 Å². The second kappa shape index (κ2) is 3.50. The molecule has 0 aromatic rings. The molecule has 1 fully saturated rings. The number of hydrogen-bond donors (Lipinski definition) is 0. The van der Waals surface area contributed by atoms with Gasteiger partial charge in [0, 0.05) is 26.1 Å². The van der Waals surface area contributed by atoms with Gasteiger partial charge in [-0.3, -0.25) is 4.79 Å². The minimum absolute atomic E-state index is 0.167. The van der Waals surface area contributed by atoms with E-state index in [2.05, 4.69) is 19.9 Å². The van der Waals surface area contributed by atoms with Crippen molar-refractivity contribution in [2.75, 3.05) is 13.7 Å². The van der Waals surface area contributed by atoms with Gasteiger partial charge in [-0.1, -0.05) is 18.6 Å². The van der Waals surface area contributed by atoms with Crippen molar-refractivity contribution in [2.24, 2.45) is 23.7 Å². The number of ether oxygens (including phenoxy) is 1. The summed E-state index contributed by atoms with van der Waals surface area (Å²) < 4.78 is 5.25. The van der Waals surface area contributed by atoms with Crippen molar-refractivity contribution in [3.05, 3.63) is 11.6 Å². The first-order chi connectivity index (χ1) is 6.65. The summed E-state index contributed by atoms with van der Waals surface area (Å²) in [5.74, 6) is 2.06. The molecular weight excluding hydrogens is 176 g/mol. The molecule has 2 nitrogen and oxygen atoms in total. The van der Waals surface area contributed by atoms with Crippen LogP contribution in [-0.2, 0) is 9.53 Å². The first-order valence-electron chi connectivity index (χ1n) is 5.35. The van der Waals surface area contributed by atoms with Gasteiger partial charge in [0.25, 0.3) is 0 Å². The summed E-state index contributed by atoms with van der Waals surface area (Å²) >= 11 is 0. The van der Waals surface area contributed by atoms with Gasteiger partial charge in [0.05, 0.1) is 0 Å². The molecule has 0 spiro atoms. The Morgan fingerprint density at radius 3 is 2.93 bits per heavy atom. The topological polar surface area (TPSA) is 26.3 Å². The number of carbonyl (C=O) groups excluding carboxylic acids is 1. The Hall–Kier alpha value is -0.630. The fourth-order valence-corrected chi connectivity index (χ4v) is 3.04. The fourth-order valence-electron chi connectivity index (χ4n) is 3.04. The van der Waals surface area contributed by atoms with Crippen LogP contribution in [0.1, 0.15) is 20.3 Å². The summed E-state index contributed by atoms with van der Waals surface area (Å²) in [5.41, 5.74) is 1.40. The van der Waals surface area contributed by atoms with Gasteiger partial charge in [0.2, 0.25) is 0 Å². The van der Waals surface area contributed by atoms with E-state index in [4.69, 9.17) is 4.74 Å². The molecule has 2 heteroatoms. The summed E-state index contributed by atoms with van der Waals surface area (Å²) in [6.07, 6.45) is 2.92. The molecule has 0 amide bonds. The van der Waals surface area contributed by atoms with Gasteiger partial charge in [-0.25, -0.2) is 0 Å². The molecule has 3 aliphatic rings. The Bertz CT molecular complexity index is 280. The summed E-state index contributed by atoms with van der Waals surface area (Å²) in [4.78, 5) is 11.7. The molecule has 0 saturated heterocycles. The quantitative estimate of drug-likeness (QED) is 0.629. The number of methoxy groups -OCH3 is 1. The van der Waals surface area contributed by atoms with Gasteiger partial charge in [0.15, 0.2) is 0 Å². The largest absolute Gasteiger partial charge is 0.384 e. The fraction of sp³-hybridized carbons (Fsp3) is 0.750. The van der Waals surface area contributed by atoms with E-state index in [1.807, 2.05) is 0 Å². The Kier molecular flexibility index (Phi) is 2.48. The highest BCUT2D eigenvalue weighted by atomic mass is 16.5. The van der Waals surface area contributed by atoms with E-state index in [1.165, 1.54) is 5.57 Å². The van der Waals surface area contributed by atoms with Crippen molar-refractivity contribution in [2.45, 2.75) is 20.3 Å². The number of Topliss-reactive ketones (excluding diaryl/α,β-unsaturated/α-hetero) is 1. The summed E-state index contributed by atoms with van der Waals surface area (Å²) in [6, 6.07) is 0. The number of rotatable bonds is 2. The highest BCUT2D eigenvalue weighted by molar-refractivity contribution is 5.86. The van der Waals surface area contributed by atoms with E-state index in [0.29, 0.717) is 23.5 Å². The van der Waals surface area contributed by atoms with Crippen LogP contribution in [0.5, 0.6) is 0 Å². The molecule has 0 radical (unpaired) electrons. The Balaban J connectivity index is 2.26. The summed E-state index contributed by atoms with van der Waals surface area (Å²) in [7, 11) is 1.75. The maximum absolute atomic E-state index is 11.7. The lowest BCUT2D eigenvalue weighted by molar-refractivity contribution is -0.130. The highest BCUT2D eigenvalue weighted by Gasteiger charge is 2.45. The van der Waals surface area contributed by atoms with Crippen LogP contribution in [0.15, 0.2) is 11.6 Å². The molecule has 0 aromatic heterocycles. The predicted octanol–water partition coefficient (Wildman–Crippen LogP) is 2.05. The lowest BCUT2D eigenvalue weighted by Crippen LogP contribution is -2.44. The van der Waals surface area contributed by atoms with Crippen LogP contribution in [-0.4, -0.2) is 19.5 Å². The third-order valence-electron chi connectivity index (χ3n) is 3.94.